The van der Waals surface area contributed by atoms with E-state index in [0.717, 1.165) is 58.4 Å². The lowest BCUT2D eigenvalue weighted by Crippen LogP contribution is -2.33. The monoisotopic (exact) mass is 227 g/mol. The van der Waals surface area contributed by atoms with Gasteiger partial charge in [0.25, 0.3) is 0 Å². The molecule has 1 aliphatic rings. The fraction of sp³-hybridized carbons (Fsp3) is 0.917. The number of hydrogen-bond donors (Lipinski definition) is 2. The van der Waals surface area contributed by atoms with Crippen molar-refractivity contribution in [3.05, 3.63) is 0 Å². The summed E-state index contributed by atoms with van der Waals surface area (Å²) in [7, 11) is 0. The summed E-state index contributed by atoms with van der Waals surface area (Å²) in [5.41, 5.74) is 5.40. The maximum atomic E-state index is 11.7. The van der Waals surface area contributed by atoms with Gasteiger partial charge in [-0.05, 0) is 45.3 Å². The average Bonchev–Trinajstić information content (AvgIpc) is 2.49. The molecule has 4 nitrogen and oxygen atoms in total. The van der Waals surface area contributed by atoms with Crippen molar-refractivity contribution in [2.45, 2.75) is 38.5 Å². The lowest BCUT2D eigenvalue weighted by molar-refractivity contribution is -0.130. The van der Waals surface area contributed by atoms with E-state index in [4.69, 9.17) is 5.73 Å². The molecule has 94 valence electrons. The van der Waals surface area contributed by atoms with Crippen LogP contribution in [-0.2, 0) is 4.79 Å². The molecule has 1 fully saturated rings. The molecule has 1 saturated heterocycles. The van der Waals surface area contributed by atoms with Gasteiger partial charge in [-0.3, -0.25) is 4.79 Å². The largest absolute Gasteiger partial charge is 0.343 e. The molecule has 0 aliphatic carbocycles. The molecule has 0 saturated carbocycles. The standard InChI is InChI=1S/C12H25N3O/c13-7-4-8-14-9-5-11-15-10-3-1-2-6-12(15)16/h14H,1-11,13H2. The van der Waals surface area contributed by atoms with Crippen LogP contribution in [0.25, 0.3) is 0 Å². The third-order valence-corrected chi connectivity index (χ3v) is 3.01. The first kappa shape index (κ1) is 13.5. The van der Waals surface area contributed by atoms with Crippen molar-refractivity contribution in [2.75, 3.05) is 32.7 Å². The maximum absolute atomic E-state index is 11.7. The minimum Gasteiger partial charge on any atom is -0.343 e. The summed E-state index contributed by atoms with van der Waals surface area (Å²) in [6.07, 6.45) is 6.28. The summed E-state index contributed by atoms with van der Waals surface area (Å²) in [5.74, 6) is 0.347. The van der Waals surface area contributed by atoms with E-state index in [1.807, 2.05) is 4.90 Å². The van der Waals surface area contributed by atoms with Crippen molar-refractivity contribution < 1.29 is 4.79 Å². The molecule has 0 radical (unpaired) electrons. The van der Waals surface area contributed by atoms with Crippen molar-refractivity contribution in [1.82, 2.24) is 10.2 Å². The number of likely N-dealkylation sites (tertiary alicyclic amines) is 1. The van der Waals surface area contributed by atoms with Crippen molar-refractivity contribution in [3.63, 3.8) is 0 Å². The van der Waals surface area contributed by atoms with Gasteiger partial charge < -0.3 is 16.0 Å². The van der Waals surface area contributed by atoms with Gasteiger partial charge in [0.2, 0.25) is 5.91 Å². The number of carbonyl (C=O) groups excluding carboxylic acids is 1. The predicted octanol–water partition coefficient (Wildman–Crippen LogP) is 0.717. The van der Waals surface area contributed by atoms with Crippen LogP contribution in [0.1, 0.15) is 38.5 Å². The fourth-order valence-corrected chi connectivity index (χ4v) is 2.02. The van der Waals surface area contributed by atoms with Crippen molar-refractivity contribution in [1.29, 1.82) is 0 Å². The van der Waals surface area contributed by atoms with Crippen LogP contribution in [0.5, 0.6) is 0 Å². The molecule has 0 aromatic heterocycles. The average molecular weight is 227 g/mol. The first-order valence-electron chi connectivity index (χ1n) is 6.53. The quantitative estimate of drug-likeness (QED) is 0.630. The zero-order valence-electron chi connectivity index (χ0n) is 10.2. The highest BCUT2D eigenvalue weighted by atomic mass is 16.2. The van der Waals surface area contributed by atoms with Gasteiger partial charge >= 0.3 is 0 Å². The normalized spacial score (nSPS) is 17.6. The summed E-state index contributed by atoms with van der Waals surface area (Å²) in [6, 6.07) is 0. The van der Waals surface area contributed by atoms with E-state index in [0.29, 0.717) is 5.91 Å². The van der Waals surface area contributed by atoms with E-state index in [9.17, 15) is 4.79 Å². The molecular formula is C12H25N3O. The highest BCUT2D eigenvalue weighted by Gasteiger charge is 2.15. The second kappa shape index (κ2) is 8.53. The molecule has 16 heavy (non-hydrogen) atoms. The molecular weight excluding hydrogens is 202 g/mol. The summed E-state index contributed by atoms with van der Waals surface area (Å²) < 4.78 is 0. The zero-order valence-corrected chi connectivity index (χ0v) is 10.2. The van der Waals surface area contributed by atoms with E-state index in [1.165, 1.54) is 12.8 Å². The second-order valence-corrected chi connectivity index (χ2v) is 4.44. The van der Waals surface area contributed by atoms with Crippen molar-refractivity contribution in [3.8, 4) is 0 Å². The first-order chi connectivity index (χ1) is 7.84. The Morgan fingerprint density at radius 1 is 1.19 bits per heavy atom. The van der Waals surface area contributed by atoms with Crippen LogP contribution >= 0.6 is 0 Å². The Bertz CT molecular complexity index is 197. The maximum Gasteiger partial charge on any atom is 0.222 e. The second-order valence-electron chi connectivity index (χ2n) is 4.44. The minimum absolute atomic E-state index is 0.347. The van der Waals surface area contributed by atoms with E-state index >= 15 is 0 Å². The summed E-state index contributed by atoms with van der Waals surface area (Å²) in [5, 5.41) is 3.34. The topological polar surface area (TPSA) is 58.4 Å². The molecule has 0 atom stereocenters. The number of carbonyl (C=O) groups is 1. The Hall–Kier alpha value is -0.610. The molecule has 1 rings (SSSR count). The molecule has 3 N–H and O–H groups in total. The molecule has 4 heteroatoms. The Balaban J connectivity index is 2.04. The van der Waals surface area contributed by atoms with E-state index in [1.54, 1.807) is 0 Å². The summed E-state index contributed by atoms with van der Waals surface area (Å²) in [6.45, 7) is 4.60. The summed E-state index contributed by atoms with van der Waals surface area (Å²) >= 11 is 0. The van der Waals surface area contributed by atoms with Crippen LogP contribution in [0.2, 0.25) is 0 Å². The van der Waals surface area contributed by atoms with Gasteiger partial charge in [0.15, 0.2) is 0 Å². The van der Waals surface area contributed by atoms with Gasteiger partial charge in [0.1, 0.15) is 0 Å². The van der Waals surface area contributed by atoms with Crippen LogP contribution in [0.3, 0.4) is 0 Å². The first-order valence-corrected chi connectivity index (χ1v) is 6.53. The molecule has 0 spiro atoms. The van der Waals surface area contributed by atoms with Gasteiger partial charge in [0.05, 0.1) is 0 Å². The molecule has 0 aromatic rings. The Morgan fingerprint density at radius 3 is 2.81 bits per heavy atom. The highest BCUT2D eigenvalue weighted by molar-refractivity contribution is 5.76. The molecule has 1 heterocycles. The Labute approximate surface area is 98.6 Å². The smallest absolute Gasteiger partial charge is 0.222 e. The number of nitrogens with zero attached hydrogens (tertiary/aromatic N) is 1. The lowest BCUT2D eigenvalue weighted by atomic mass is 10.2. The van der Waals surface area contributed by atoms with Crippen LogP contribution in [0, 0.1) is 0 Å². The Kier molecular flexibility index (Phi) is 7.17. The molecule has 1 amide bonds. The fourth-order valence-electron chi connectivity index (χ4n) is 2.02. The summed E-state index contributed by atoms with van der Waals surface area (Å²) in [4.78, 5) is 13.7. The molecule has 0 bridgehead atoms. The number of hydrogen-bond acceptors (Lipinski definition) is 3. The van der Waals surface area contributed by atoms with Crippen molar-refractivity contribution in [2.24, 2.45) is 5.73 Å². The van der Waals surface area contributed by atoms with Gasteiger partial charge in [0, 0.05) is 19.5 Å². The highest BCUT2D eigenvalue weighted by Crippen LogP contribution is 2.10. The number of amides is 1. The minimum atomic E-state index is 0.347. The van der Waals surface area contributed by atoms with Crippen LogP contribution in [-0.4, -0.2) is 43.5 Å². The molecule has 0 unspecified atom stereocenters. The predicted molar refractivity (Wildman–Crippen MR) is 66.2 cm³/mol. The van der Waals surface area contributed by atoms with Crippen LogP contribution < -0.4 is 11.1 Å². The molecule has 1 aliphatic heterocycles. The zero-order chi connectivity index (χ0) is 11.6. The van der Waals surface area contributed by atoms with Crippen LogP contribution in [0.15, 0.2) is 0 Å². The SMILES string of the molecule is NCCCNCCCN1CCCCCC1=O. The van der Waals surface area contributed by atoms with Gasteiger partial charge in [-0.25, -0.2) is 0 Å². The number of rotatable bonds is 7. The van der Waals surface area contributed by atoms with Gasteiger partial charge in [-0.1, -0.05) is 6.42 Å². The lowest BCUT2D eigenvalue weighted by Gasteiger charge is -2.20. The third kappa shape index (κ3) is 5.47. The number of nitrogens with one attached hydrogen (secondary N) is 1. The number of nitrogens with two attached hydrogens (primary N) is 1. The van der Waals surface area contributed by atoms with Gasteiger partial charge in [-0.2, -0.15) is 0 Å². The van der Waals surface area contributed by atoms with Crippen molar-refractivity contribution >= 4 is 5.91 Å². The molecule has 0 aromatic carbocycles. The van der Waals surface area contributed by atoms with Crippen LogP contribution in [0.4, 0.5) is 0 Å². The van der Waals surface area contributed by atoms with E-state index < -0.39 is 0 Å². The van der Waals surface area contributed by atoms with E-state index in [2.05, 4.69) is 5.32 Å². The third-order valence-electron chi connectivity index (χ3n) is 3.01. The van der Waals surface area contributed by atoms with Gasteiger partial charge in [-0.15, -0.1) is 0 Å². The van der Waals surface area contributed by atoms with E-state index in [-0.39, 0.29) is 0 Å². The Morgan fingerprint density at radius 2 is 2.00 bits per heavy atom.